The molecule has 1 amide bonds. The molecule has 1 aliphatic heterocycles. The first-order valence-electron chi connectivity index (χ1n) is 13.5. The van der Waals surface area contributed by atoms with Crippen molar-refractivity contribution in [1.82, 2.24) is 34.3 Å². The SMILES string of the molecule is Cc1nc(Nc2ncc(F)c(-c3cc(F)c4nc(C)n(C(C)C)c4c3)n2)ccc1C(=O)N1CCCN(C)[C@@H](C)C1. The van der Waals surface area contributed by atoms with Gasteiger partial charge in [-0.25, -0.2) is 28.7 Å². The van der Waals surface area contributed by atoms with Gasteiger partial charge in [0.2, 0.25) is 5.95 Å². The zero-order valence-electron chi connectivity index (χ0n) is 23.7. The monoisotopic (exact) mass is 548 g/mol. The number of amides is 1. The third-order valence-corrected chi connectivity index (χ3v) is 7.48. The molecule has 0 spiro atoms. The molecule has 11 heteroatoms. The Morgan fingerprint density at radius 1 is 1.07 bits per heavy atom. The summed E-state index contributed by atoms with van der Waals surface area (Å²) in [5.74, 6) is -0.101. The molecule has 1 aromatic carbocycles. The Bertz CT molecular complexity index is 1580. The minimum atomic E-state index is -0.681. The van der Waals surface area contributed by atoms with Crippen LogP contribution in [0.15, 0.2) is 30.5 Å². The molecule has 0 bridgehead atoms. The van der Waals surface area contributed by atoms with Crippen molar-refractivity contribution in [2.24, 2.45) is 0 Å². The van der Waals surface area contributed by atoms with Crippen LogP contribution in [0.25, 0.3) is 22.3 Å². The molecule has 5 rings (SSSR count). The smallest absolute Gasteiger partial charge is 0.255 e. The molecule has 0 unspecified atom stereocenters. The van der Waals surface area contributed by atoms with Crippen LogP contribution >= 0.6 is 0 Å². The van der Waals surface area contributed by atoms with Crippen molar-refractivity contribution in [3.63, 3.8) is 0 Å². The van der Waals surface area contributed by atoms with Crippen molar-refractivity contribution in [2.75, 3.05) is 32.0 Å². The van der Waals surface area contributed by atoms with Crippen molar-refractivity contribution in [3.05, 3.63) is 59.2 Å². The van der Waals surface area contributed by atoms with Gasteiger partial charge in [-0.05, 0) is 78.9 Å². The molecule has 4 aromatic rings. The highest BCUT2D eigenvalue weighted by atomic mass is 19.1. The fourth-order valence-electron chi connectivity index (χ4n) is 5.29. The largest absolute Gasteiger partial charge is 0.337 e. The van der Waals surface area contributed by atoms with E-state index in [0.29, 0.717) is 41.5 Å². The summed E-state index contributed by atoms with van der Waals surface area (Å²) in [5, 5.41) is 2.99. The van der Waals surface area contributed by atoms with Crippen LogP contribution < -0.4 is 5.32 Å². The Balaban J connectivity index is 1.41. The molecule has 1 N–H and O–H groups in total. The Labute approximate surface area is 232 Å². The number of carbonyl (C=O) groups is 1. The first-order chi connectivity index (χ1) is 19.0. The molecule has 1 saturated heterocycles. The van der Waals surface area contributed by atoms with Gasteiger partial charge in [-0.2, -0.15) is 0 Å². The zero-order chi connectivity index (χ0) is 28.7. The number of imidazole rings is 1. The van der Waals surface area contributed by atoms with E-state index in [0.717, 1.165) is 19.2 Å². The number of hydrogen-bond donors (Lipinski definition) is 1. The first-order valence-corrected chi connectivity index (χ1v) is 13.5. The van der Waals surface area contributed by atoms with Gasteiger partial charge in [-0.15, -0.1) is 0 Å². The lowest BCUT2D eigenvalue weighted by molar-refractivity contribution is 0.0742. The summed E-state index contributed by atoms with van der Waals surface area (Å²) in [6.07, 6.45) is 1.96. The number of pyridine rings is 1. The van der Waals surface area contributed by atoms with E-state index >= 15 is 4.39 Å². The third-order valence-electron chi connectivity index (χ3n) is 7.48. The van der Waals surface area contributed by atoms with E-state index in [1.165, 1.54) is 6.07 Å². The van der Waals surface area contributed by atoms with Crippen LogP contribution in [-0.2, 0) is 0 Å². The molecule has 3 aromatic heterocycles. The van der Waals surface area contributed by atoms with Gasteiger partial charge in [-0.3, -0.25) is 4.79 Å². The number of fused-ring (bicyclic) bond motifs is 1. The Morgan fingerprint density at radius 3 is 2.58 bits per heavy atom. The van der Waals surface area contributed by atoms with Gasteiger partial charge in [0, 0.05) is 30.7 Å². The van der Waals surface area contributed by atoms with Crippen molar-refractivity contribution < 1.29 is 13.6 Å². The summed E-state index contributed by atoms with van der Waals surface area (Å²) in [6.45, 7) is 12.0. The summed E-state index contributed by atoms with van der Waals surface area (Å²) >= 11 is 0. The summed E-state index contributed by atoms with van der Waals surface area (Å²) in [5.41, 5.74) is 2.13. The molecule has 4 heterocycles. The average molecular weight is 549 g/mol. The van der Waals surface area contributed by atoms with E-state index in [2.05, 4.69) is 44.1 Å². The maximum Gasteiger partial charge on any atom is 0.255 e. The molecule has 9 nitrogen and oxygen atoms in total. The van der Waals surface area contributed by atoms with Crippen molar-refractivity contribution >= 4 is 28.7 Å². The summed E-state index contributed by atoms with van der Waals surface area (Å²) in [4.78, 5) is 34.7. The molecule has 40 heavy (non-hydrogen) atoms. The normalized spacial score (nSPS) is 16.5. The van der Waals surface area contributed by atoms with Crippen LogP contribution in [0.3, 0.4) is 0 Å². The fraction of sp³-hybridized carbons (Fsp3) is 0.414. The van der Waals surface area contributed by atoms with Gasteiger partial charge >= 0.3 is 0 Å². The maximum atomic E-state index is 15.0. The van der Waals surface area contributed by atoms with Gasteiger partial charge in [0.1, 0.15) is 22.9 Å². The van der Waals surface area contributed by atoms with Crippen LogP contribution in [0.4, 0.5) is 20.5 Å². The van der Waals surface area contributed by atoms with Crippen molar-refractivity contribution in [1.29, 1.82) is 0 Å². The second kappa shape index (κ2) is 10.9. The Hall–Kier alpha value is -3.99. The van der Waals surface area contributed by atoms with Gasteiger partial charge in [-0.1, -0.05) is 0 Å². The number of nitrogens with one attached hydrogen (secondary N) is 1. The molecule has 0 aliphatic carbocycles. The molecule has 1 aliphatic rings. The van der Waals surface area contributed by atoms with E-state index in [1.807, 2.05) is 30.2 Å². The van der Waals surface area contributed by atoms with Crippen molar-refractivity contribution in [3.8, 4) is 11.3 Å². The molecular formula is C29H34F2N8O. The average Bonchev–Trinajstić information content (AvgIpc) is 3.15. The fourth-order valence-corrected chi connectivity index (χ4v) is 5.29. The lowest BCUT2D eigenvalue weighted by Crippen LogP contribution is -2.39. The van der Waals surface area contributed by atoms with Crippen molar-refractivity contribution in [2.45, 2.75) is 53.1 Å². The quantitative estimate of drug-likeness (QED) is 0.363. The topological polar surface area (TPSA) is 92.1 Å². The van der Waals surface area contributed by atoms with Crippen LogP contribution in [-0.4, -0.2) is 72.9 Å². The Kier molecular flexibility index (Phi) is 7.50. The highest BCUT2D eigenvalue weighted by Crippen LogP contribution is 2.30. The number of likely N-dealkylation sites (N-methyl/N-ethyl adjacent to an activating group) is 1. The predicted octanol–water partition coefficient (Wildman–Crippen LogP) is 5.27. The second-order valence-electron chi connectivity index (χ2n) is 10.7. The number of aryl methyl sites for hydroxylation is 2. The minimum absolute atomic E-state index is 0.0420. The van der Waals surface area contributed by atoms with E-state index in [4.69, 9.17) is 0 Å². The molecule has 0 radical (unpaired) electrons. The van der Waals surface area contributed by atoms with E-state index in [-0.39, 0.29) is 40.7 Å². The van der Waals surface area contributed by atoms with Crippen LogP contribution in [0.1, 0.15) is 55.1 Å². The minimum Gasteiger partial charge on any atom is -0.337 e. The lowest BCUT2D eigenvalue weighted by atomic mass is 10.1. The number of benzene rings is 1. The third kappa shape index (κ3) is 5.25. The highest BCUT2D eigenvalue weighted by Gasteiger charge is 2.25. The number of hydrogen-bond acceptors (Lipinski definition) is 7. The van der Waals surface area contributed by atoms with Gasteiger partial charge < -0.3 is 19.7 Å². The molecule has 1 atom stereocenters. The summed E-state index contributed by atoms with van der Waals surface area (Å²) in [7, 11) is 2.07. The van der Waals surface area contributed by atoms with Crippen LogP contribution in [0.2, 0.25) is 0 Å². The first kappa shape index (κ1) is 27.6. The molecule has 1 fully saturated rings. The number of anilines is 2. The van der Waals surface area contributed by atoms with Gasteiger partial charge in [0.25, 0.3) is 5.91 Å². The number of halogens is 2. The Morgan fingerprint density at radius 2 is 1.85 bits per heavy atom. The second-order valence-corrected chi connectivity index (χ2v) is 10.7. The highest BCUT2D eigenvalue weighted by molar-refractivity contribution is 5.95. The van der Waals surface area contributed by atoms with Crippen LogP contribution in [0.5, 0.6) is 0 Å². The van der Waals surface area contributed by atoms with Gasteiger partial charge in [0.15, 0.2) is 11.6 Å². The molecule has 210 valence electrons. The van der Waals surface area contributed by atoms with Gasteiger partial charge in [0.05, 0.1) is 23.0 Å². The number of rotatable bonds is 5. The zero-order valence-corrected chi connectivity index (χ0v) is 23.7. The molecular weight excluding hydrogens is 514 g/mol. The number of carbonyl (C=O) groups excluding carboxylic acids is 1. The standard InChI is InChI=1S/C29H34F2N8O/c1-16(2)39-19(5)34-27-22(30)12-20(13-24(27)39)26-23(31)14-32-29(36-26)35-25-9-8-21(18(4)33-25)28(40)38-11-7-10-37(6)17(3)15-38/h8-9,12-14,16-17H,7,10-11,15H2,1-6H3,(H,32,33,35,36)/t17-/m0/s1. The van der Waals surface area contributed by atoms with E-state index in [9.17, 15) is 9.18 Å². The molecule has 0 saturated carbocycles. The summed E-state index contributed by atoms with van der Waals surface area (Å²) in [6, 6.07) is 6.65. The summed E-state index contributed by atoms with van der Waals surface area (Å²) < 4.78 is 31.8. The van der Waals surface area contributed by atoms with Crippen LogP contribution in [0, 0.1) is 25.5 Å². The number of aromatic nitrogens is 5. The van der Waals surface area contributed by atoms with E-state index < -0.39 is 11.6 Å². The van der Waals surface area contributed by atoms with E-state index in [1.54, 1.807) is 25.1 Å². The number of nitrogens with zero attached hydrogens (tertiary/aromatic N) is 7. The maximum absolute atomic E-state index is 15.0. The predicted molar refractivity (Wildman–Crippen MR) is 151 cm³/mol. The lowest BCUT2D eigenvalue weighted by Gasteiger charge is -2.26.